The van der Waals surface area contributed by atoms with Crippen molar-refractivity contribution in [3.63, 3.8) is 0 Å². The molecule has 8 heteroatoms. The van der Waals surface area contributed by atoms with E-state index >= 15 is 0 Å². The molecule has 1 aromatic rings. The fraction of sp³-hybridized carbons (Fsp3) is 0.680. The lowest BCUT2D eigenvalue weighted by atomic mass is 9.84. The number of carbonyl (C=O) groups excluding carboxylic acids is 2. The van der Waals surface area contributed by atoms with E-state index in [9.17, 15) is 22.8 Å². The lowest BCUT2D eigenvalue weighted by Gasteiger charge is -2.37. The zero-order valence-electron chi connectivity index (χ0n) is 19.5. The molecule has 0 spiro atoms. The molecule has 1 heterocycles. The maximum absolute atomic E-state index is 13.0. The zero-order valence-corrected chi connectivity index (χ0v) is 19.5. The number of alkyl halides is 3. The van der Waals surface area contributed by atoms with Crippen LogP contribution < -0.4 is 10.2 Å². The van der Waals surface area contributed by atoms with Crippen LogP contribution in [0, 0.1) is 5.92 Å². The number of hydrogen-bond acceptors (Lipinski definition) is 4. The molecule has 0 aromatic heterocycles. The number of ketones is 1. The minimum atomic E-state index is -4.31. The number of carbonyl (C=O) groups is 2. The van der Waals surface area contributed by atoms with Crippen molar-refractivity contribution >= 4 is 17.4 Å². The van der Waals surface area contributed by atoms with Crippen LogP contribution in [0.15, 0.2) is 24.3 Å². The zero-order chi connectivity index (χ0) is 23.8. The lowest BCUT2D eigenvalue weighted by molar-refractivity contribution is -0.137. The molecule has 1 amide bonds. The minimum Gasteiger partial charge on any atom is -0.369 e. The van der Waals surface area contributed by atoms with E-state index in [4.69, 9.17) is 0 Å². The van der Waals surface area contributed by atoms with Gasteiger partial charge in [-0.3, -0.25) is 9.69 Å². The van der Waals surface area contributed by atoms with E-state index in [1.54, 1.807) is 13.0 Å². The van der Waals surface area contributed by atoms with Crippen LogP contribution in [0.1, 0.15) is 63.9 Å². The van der Waals surface area contributed by atoms with Crippen molar-refractivity contribution in [2.75, 3.05) is 37.6 Å². The average molecular weight is 468 g/mol. The molecule has 1 saturated carbocycles. The fourth-order valence-electron chi connectivity index (χ4n) is 4.87. The van der Waals surface area contributed by atoms with E-state index in [0.29, 0.717) is 30.9 Å². The quantitative estimate of drug-likeness (QED) is 0.574. The Labute approximate surface area is 194 Å². The summed E-state index contributed by atoms with van der Waals surface area (Å²) < 4.78 is 38.9. The van der Waals surface area contributed by atoms with E-state index in [-0.39, 0.29) is 17.7 Å². The van der Waals surface area contributed by atoms with Gasteiger partial charge in [0, 0.05) is 50.7 Å². The summed E-state index contributed by atoms with van der Waals surface area (Å²) in [5.74, 6) is 0.844. The van der Waals surface area contributed by atoms with Crippen LogP contribution in [-0.2, 0) is 15.8 Å². The number of halogens is 3. The van der Waals surface area contributed by atoms with Gasteiger partial charge in [0.15, 0.2) is 0 Å². The van der Waals surface area contributed by atoms with Crippen molar-refractivity contribution in [1.29, 1.82) is 0 Å². The summed E-state index contributed by atoms with van der Waals surface area (Å²) in [6.07, 6.45) is 2.57. The Morgan fingerprint density at radius 3 is 2.36 bits per heavy atom. The van der Waals surface area contributed by atoms with E-state index in [0.717, 1.165) is 70.9 Å². The molecule has 0 atom stereocenters. The maximum atomic E-state index is 13.0. The first-order valence-electron chi connectivity index (χ1n) is 12.1. The topological polar surface area (TPSA) is 52.7 Å². The standard InChI is InChI=1S/C25H36F3N3O2/c1-19(32)4-2-7-24(33)29-22-10-8-20(9-11-22)12-13-30-14-16-31(17-15-30)23-6-3-5-21(18-23)25(26,27)28/h3,5-6,18,20,22H,2,4,7-17H2,1H3,(H,29,33)/t20-,22-. The van der Waals surface area contributed by atoms with Crippen molar-refractivity contribution in [3.05, 3.63) is 29.8 Å². The van der Waals surface area contributed by atoms with Gasteiger partial charge < -0.3 is 15.0 Å². The third kappa shape index (κ3) is 8.32. The highest BCUT2D eigenvalue weighted by Gasteiger charge is 2.31. The largest absolute Gasteiger partial charge is 0.416 e. The number of anilines is 1. The van der Waals surface area contributed by atoms with Gasteiger partial charge in [-0.15, -0.1) is 0 Å². The molecule has 2 fully saturated rings. The van der Waals surface area contributed by atoms with Gasteiger partial charge in [0.25, 0.3) is 0 Å². The normalized spacial score (nSPS) is 22.2. The summed E-state index contributed by atoms with van der Waals surface area (Å²) in [5, 5.41) is 3.12. The minimum absolute atomic E-state index is 0.0540. The first-order valence-corrected chi connectivity index (χ1v) is 12.1. The second-order valence-corrected chi connectivity index (χ2v) is 9.51. The number of nitrogens with zero attached hydrogens (tertiary/aromatic N) is 2. The van der Waals surface area contributed by atoms with Gasteiger partial charge in [0.05, 0.1) is 5.56 Å². The van der Waals surface area contributed by atoms with Crippen molar-refractivity contribution in [1.82, 2.24) is 10.2 Å². The summed E-state index contributed by atoms with van der Waals surface area (Å²) in [6, 6.07) is 5.85. The summed E-state index contributed by atoms with van der Waals surface area (Å²) in [7, 11) is 0. The van der Waals surface area contributed by atoms with Crippen LogP contribution in [0.4, 0.5) is 18.9 Å². The van der Waals surface area contributed by atoms with Crippen molar-refractivity contribution in [3.8, 4) is 0 Å². The molecule has 1 aliphatic heterocycles. The number of rotatable bonds is 9. The number of piperazine rings is 1. The molecule has 1 aromatic carbocycles. The molecular weight excluding hydrogens is 431 g/mol. The molecule has 1 aliphatic carbocycles. The number of hydrogen-bond donors (Lipinski definition) is 1. The molecule has 0 unspecified atom stereocenters. The highest BCUT2D eigenvalue weighted by atomic mass is 19.4. The number of benzene rings is 1. The van der Waals surface area contributed by atoms with Gasteiger partial charge >= 0.3 is 6.18 Å². The van der Waals surface area contributed by atoms with Crippen molar-refractivity contribution in [2.24, 2.45) is 5.92 Å². The third-order valence-corrected chi connectivity index (χ3v) is 6.91. The number of Topliss-reactive ketones (excluding diaryl/α,β-unsaturated/α-hetero) is 1. The van der Waals surface area contributed by atoms with Gasteiger partial charge in [-0.2, -0.15) is 13.2 Å². The first-order chi connectivity index (χ1) is 15.7. The van der Waals surface area contributed by atoms with Gasteiger partial charge in [0.2, 0.25) is 5.91 Å². The van der Waals surface area contributed by atoms with Crippen LogP contribution in [0.25, 0.3) is 0 Å². The molecule has 5 nitrogen and oxygen atoms in total. The van der Waals surface area contributed by atoms with Gasteiger partial charge in [0.1, 0.15) is 5.78 Å². The summed E-state index contributed by atoms with van der Waals surface area (Å²) in [6.45, 7) is 5.77. The highest BCUT2D eigenvalue weighted by Crippen LogP contribution is 2.32. The Hall–Kier alpha value is -2.09. The molecular formula is C25H36F3N3O2. The predicted molar refractivity (Wildman–Crippen MR) is 123 cm³/mol. The first kappa shape index (κ1) is 25.5. The van der Waals surface area contributed by atoms with E-state index < -0.39 is 11.7 Å². The molecule has 184 valence electrons. The second-order valence-electron chi connectivity index (χ2n) is 9.51. The van der Waals surface area contributed by atoms with Crippen LogP contribution >= 0.6 is 0 Å². The Morgan fingerprint density at radius 2 is 1.73 bits per heavy atom. The summed E-state index contributed by atoms with van der Waals surface area (Å²) in [4.78, 5) is 27.4. The Morgan fingerprint density at radius 1 is 1.03 bits per heavy atom. The SMILES string of the molecule is CC(=O)CCCC(=O)N[C@H]1CC[C@H](CCN2CCN(c3cccc(C(F)(F)F)c3)CC2)CC1. The van der Waals surface area contributed by atoms with Crippen molar-refractivity contribution < 1.29 is 22.8 Å². The smallest absolute Gasteiger partial charge is 0.369 e. The van der Waals surface area contributed by atoms with Gasteiger partial charge in [-0.25, -0.2) is 0 Å². The molecule has 33 heavy (non-hydrogen) atoms. The molecule has 1 saturated heterocycles. The molecule has 3 rings (SSSR count). The number of amides is 1. The third-order valence-electron chi connectivity index (χ3n) is 6.91. The van der Waals surface area contributed by atoms with E-state index in [2.05, 4.69) is 10.2 Å². The predicted octanol–water partition coefficient (Wildman–Crippen LogP) is 4.65. The molecule has 0 radical (unpaired) electrons. The molecule has 2 aliphatic rings. The Bertz CT molecular complexity index is 783. The Kier molecular flexibility index (Phi) is 9.18. The van der Waals surface area contributed by atoms with E-state index in [1.165, 1.54) is 12.1 Å². The number of nitrogens with one attached hydrogen (secondary N) is 1. The van der Waals surface area contributed by atoms with Crippen LogP contribution in [-0.4, -0.2) is 55.4 Å². The van der Waals surface area contributed by atoms with E-state index in [1.807, 2.05) is 4.90 Å². The monoisotopic (exact) mass is 467 g/mol. The maximum Gasteiger partial charge on any atom is 0.416 e. The lowest BCUT2D eigenvalue weighted by Crippen LogP contribution is -2.47. The van der Waals surface area contributed by atoms with Gasteiger partial charge in [-0.1, -0.05) is 6.07 Å². The Balaban J connectivity index is 1.32. The van der Waals surface area contributed by atoms with Crippen LogP contribution in [0.2, 0.25) is 0 Å². The fourth-order valence-corrected chi connectivity index (χ4v) is 4.87. The van der Waals surface area contributed by atoms with Crippen molar-refractivity contribution in [2.45, 2.75) is 70.5 Å². The van der Waals surface area contributed by atoms with Crippen LogP contribution in [0.3, 0.4) is 0 Å². The van der Waals surface area contributed by atoms with Crippen LogP contribution in [0.5, 0.6) is 0 Å². The second kappa shape index (κ2) is 11.9. The summed E-state index contributed by atoms with van der Waals surface area (Å²) in [5.41, 5.74) is 0.0522. The van der Waals surface area contributed by atoms with Gasteiger partial charge in [-0.05, 0) is 76.1 Å². The molecule has 1 N–H and O–H groups in total. The average Bonchev–Trinajstić information content (AvgIpc) is 2.78. The molecule has 0 bridgehead atoms. The summed E-state index contributed by atoms with van der Waals surface area (Å²) >= 11 is 0. The highest BCUT2D eigenvalue weighted by molar-refractivity contribution is 5.78.